The van der Waals surface area contributed by atoms with Crippen molar-refractivity contribution in [1.82, 2.24) is 15.3 Å². The van der Waals surface area contributed by atoms with Crippen LogP contribution in [0.4, 0.5) is 0 Å². The van der Waals surface area contributed by atoms with Crippen molar-refractivity contribution in [1.29, 1.82) is 0 Å². The van der Waals surface area contributed by atoms with Crippen LogP contribution in [-0.4, -0.2) is 33.0 Å². The third-order valence-electron chi connectivity index (χ3n) is 5.76. The van der Waals surface area contributed by atoms with Crippen molar-refractivity contribution in [2.45, 2.75) is 31.7 Å². The van der Waals surface area contributed by atoms with E-state index in [1.807, 2.05) is 54.6 Å². The van der Waals surface area contributed by atoms with Crippen LogP contribution in [0.3, 0.4) is 0 Å². The molecule has 158 valence electrons. The fourth-order valence-electron chi connectivity index (χ4n) is 3.79. The fraction of sp³-hybridized carbons (Fsp3) is 0.250. The predicted octanol–water partition coefficient (Wildman–Crippen LogP) is 3.03. The van der Waals surface area contributed by atoms with Crippen molar-refractivity contribution < 1.29 is 14.7 Å². The maximum absolute atomic E-state index is 12.7. The standard InChI is InChI=1S/C24H23N3O4/c28-21(19-14-25-23(31)26-15-19)27-20(13-24(10-11-24)22(29)30)12-16-6-8-18(9-7-16)17-4-2-1-3-5-17/h1-9,14-15,20H,10-13H2,(H,27,28)(H,29,30)(H,25,26,31)/t20-/m1/s1. The summed E-state index contributed by atoms with van der Waals surface area (Å²) in [4.78, 5) is 41.5. The highest BCUT2D eigenvalue weighted by atomic mass is 16.4. The van der Waals surface area contributed by atoms with Crippen LogP contribution in [0.25, 0.3) is 11.1 Å². The second-order valence-electron chi connectivity index (χ2n) is 8.03. The molecule has 1 atom stereocenters. The fourth-order valence-corrected chi connectivity index (χ4v) is 3.79. The van der Waals surface area contributed by atoms with Gasteiger partial charge in [0.05, 0.1) is 11.0 Å². The Balaban J connectivity index is 1.51. The summed E-state index contributed by atoms with van der Waals surface area (Å²) in [7, 11) is 0. The highest BCUT2D eigenvalue weighted by molar-refractivity contribution is 5.93. The van der Waals surface area contributed by atoms with Crippen LogP contribution < -0.4 is 11.0 Å². The summed E-state index contributed by atoms with van der Waals surface area (Å²) in [5.74, 6) is -1.22. The second-order valence-corrected chi connectivity index (χ2v) is 8.03. The van der Waals surface area contributed by atoms with Crippen LogP contribution in [0.2, 0.25) is 0 Å². The van der Waals surface area contributed by atoms with Gasteiger partial charge in [0.2, 0.25) is 0 Å². The Bertz CT molecular complexity index is 1110. The molecule has 1 amide bonds. The lowest BCUT2D eigenvalue weighted by Gasteiger charge is -2.22. The van der Waals surface area contributed by atoms with Crippen molar-refractivity contribution >= 4 is 11.9 Å². The highest BCUT2D eigenvalue weighted by Crippen LogP contribution is 2.50. The van der Waals surface area contributed by atoms with Crippen LogP contribution in [-0.2, 0) is 11.2 Å². The maximum atomic E-state index is 12.7. The first kappa shape index (κ1) is 20.5. The van der Waals surface area contributed by atoms with E-state index in [2.05, 4.69) is 15.3 Å². The number of rotatable bonds is 8. The van der Waals surface area contributed by atoms with E-state index in [1.165, 1.54) is 12.4 Å². The van der Waals surface area contributed by atoms with Gasteiger partial charge in [0.1, 0.15) is 0 Å². The largest absolute Gasteiger partial charge is 0.481 e. The zero-order valence-corrected chi connectivity index (χ0v) is 16.9. The van der Waals surface area contributed by atoms with Gasteiger partial charge in [0.15, 0.2) is 0 Å². The first-order valence-corrected chi connectivity index (χ1v) is 10.2. The number of aromatic amines is 1. The molecule has 1 fully saturated rings. The Morgan fingerprint density at radius 2 is 1.74 bits per heavy atom. The molecule has 7 heteroatoms. The van der Waals surface area contributed by atoms with E-state index >= 15 is 0 Å². The van der Waals surface area contributed by atoms with Gasteiger partial charge in [-0.15, -0.1) is 0 Å². The van der Waals surface area contributed by atoms with Gasteiger partial charge >= 0.3 is 11.7 Å². The third-order valence-corrected chi connectivity index (χ3v) is 5.76. The monoisotopic (exact) mass is 417 g/mol. The lowest BCUT2D eigenvalue weighted by atomic mass is 9.92. The Kier molecular flexibility index (Phi) is 5.66. The van der Waals surface area contributed by atoms with Crippen molar-refractivity contribution in [3.05, 3.63) is 88.6 Å². The molecule has 7 nitrogen and oxygen atoms in total. The lowest BCUT2D eigenvalue weighted by Crippen LogP contribution is -2.40. The molecule has 0 unspecified atom stereocenters. The maximum Gasteiger partial charge on any atom is 0.344 e. The molecule has 2 aromatic carbocycles. The van der Waals surface area contributed by atoms with E-state index in [-0.39, 0.29) is 11.6 Å². The predicted molar refractivity (Wildman–Crippen MR) is 116 cm³/mol. The average Bonchev–Trinajstić information content (AvgIpc) is 3.56. The number of nitrogens with one attached hydrogen (secondary N) is 2. The quantitative estimate of drug-likeness (QED) is 0.522. The van der Waals surface area contributed by atoms with Crippen LogP contribution in [0, 0.1) is 5.41 Å². The van der Waals surface area contributed by atoms with Crippen molar-refractivity contribution in [2.24, 2.45) is 5.41 Å². The summed E-state index contributed by atoms with van der Waals surface area (Å²) in [6.07, 6.45) is 4.60. The summed E-state index contributed by atoms with van der Waals surface area (Å²) in [6.45, 7) is 0. The summed E-state index contributed by atoms with van der Waals surface area (Å²) in [5.41, 5.74) is 2.13. The van der Waals surface area contributed by atoms with Gasteiger partial charge in [-0.05, 0) is 42.4 Å². The van der Waals surface area contributed by atoms with E-state index in [4.69, 9.17) is 0 Å². The minimum atomic E-state index is -0.822. The summed E-state index contributed by atoms with van der Waals surface area (Å²) < 4.78 is 0. The molecule has 0 bridgehead atoms. The van der Waals surface area contributed by atoms with E-state index < -0.39 is 23.0 Å². The molecule has 0 spiro atoms. The highest BCUT2D eigenvalue weighted by Gasteiger charge is 2.51. The normalized spacial score (nSPS) is 15.1. The topological polar surface area (TPSA) is 112 Å². The van der Waals surface area contributed by atoms with Crippen LogP contribution in [0.5, 0.6) is 0 Å². The van der Waals surface area contributed by atoms with Gasteiger partial charge in [0, 0.05) is 18.4 Å². The molecule has 3 aromatic rings. The number of carboxylic acids is 1. The molecule has 1 aliphatic rings. The number of aliphatic carboxylic acids is 1. The molecule has 31 heavy (non-hydrogen) atoms. The Hall–Kier alpha value is -3.74. The van der Waals surface area contributed by atoms with Gasteiger partial charge in [0.25, 0.3) is 5.91 Å². The number of carboxylic acid groups (broad SMARTS) is 1. The van der Waals surface area contributed by atoms with Gasteiger partial charge in [-0.3, -0.25) is 9.59 Å². The van der Waals surface area contributed by atoms with Crippen LogP contribution >= 0.6 is 0 Å². The minimum absolute atomic E-state index is 0.226. The van der Waals surface area contributed by atoms with Crippen LogP contribution in [0.15, 0.2) is 71.8 Å². The number of aromatic nitrogens is 2. The number of nitrogens with zero attached hydrogens (tertiary/aromatic N) is 1. The molecule has 1 aromatic heterocycles. The zero-order valence-electron chi connectivity index (χ0n) is 16.9. The summed E-state index contributed by atoms with van der Waals surface area (Å²) in [6, 6.07) is 17.7. The van der Waals surface area contributed by atoms with E-state index in [0.29, 0.717) is 25.7 Å². The van der Waals surface area contributed by atoms with E-state index in [9.17, 15) is 19.5 Å². The minimum Gasteiger partial charge on any atom is -0.481 e. The Morgan fingerprint density at radius 1 is 1.06 bits per heavy atom. The van der Waals surface area contributed by atoms with Gasteiger partial charge in [-0.1, -0.05) is 54.6 Å². The van der Waals surface area contributed by atoms with E-state index in [0.717, 1.165) is 16.7 Å². The number of carbonyl (C=O) groups excluding carboxylic acids is 1. The second kappa shape index (κ2) is 8.55. The number of hydrogen-bond acceptors (Lipinski definition) is 4. The first-order valence-electron chi connectivity index (χ1n) is 10.2. The smallest absolute Gasteiger partial charge is 0.344 e. The van der Waals surface area contributed by atoms with Gasteiger partial charge < -0.3 is 15.4 Å². The Labute approximate surface area is 179 Å². The average molecular weight is 417 g/mol. The number of hydrogen-bond donors (Lipinski definition) is 3. The molecule has 1 saturated carbocycles. The number of benzene rings is 2. The molecule has 4 rings (SSSR count). The summed E-state index contributed by atoms with van der Waals surface area (Å²) in [5, 5.41) is 12.5. The van der Waals surface area contributed by atoms with Crippen molar-refractivity contribution in [3.63, 3.8) is 0 Å². The Morgan fingerprint density at radius 3 is 2.32 bits per heavy atom. The van der Waals surface area contributed by atoms with Crippen molar-refractivity contribution in [2.75, 3.05) is 0 Å². The first-order chi connectivity index (χ1) is 14.9. The molecule has 3 N–H and O–H groups in total. The SMILES string of the molecule is O=C(N[C@H](Cc1ccc(-c2ccccc2)cc1)CC1(C(=O)O)CC1)c1cnc(=O)[nH]c1. The number of H-pyrrole nitrogens is 1. The molecule has 1 aliphatic carbocycles. The number of carbonyl (C=O) groups is 2. The number of amides is 1. The zero-order chi connectivity index (χ0) is 21.8. The van der Waals surface area contributed by atoms with Gasteiger partial charge in [-0.25, -0.2) is 9.78 Å². The molecule has 0 aliphatic heterocycles. The third kappa shape index (κ3) is 4.88. The molecule has 1 heterocycles. The molecule has 0 radical (unpaired) electrons. The van der Waals surface area contributed by atoms with E-state index in [1.54, 1.807) is 0 Å². The van der Waals surface area contributed by atoms with Crippen LogP contribution in [0.1, 0.15) is 35.2 Å². The summed E-state index contributed by atoms with van der Waals surface area (Å²) >= 11 is 0. The molecule has 0 saturated heterocycles. The molecular weight excluding hydrogens is 394 g/mol. The van der Waals surface area contributed by atoms with Gasteiger partial charge in [-0.2, -0.15) is 0 Å². The lowest BCUT2D eigenvalue weighted by molar-refractivity contribution is -0.143. The molecular formula is C24H23N3O4. The van der Waals surface area contributed by atoms with Crippen molar-refractivity contribution in [3.8, 4) is 11.1 Å².